The molecule has 1 aromatic carbocycles. The van der Waals surface area contributed by atoms with E-state index in [9.17, 15) is 14.7 Å². The van der Waals surface area contributed by atoms with Crippen LogP contribution in [0.1, 0.15) is 82.6 Å². The van der Waals surface area contributed by atoms with Crippen molar-refractivity contribution in [1.82, 2.24) is 5.32 Å². The van der Waals surface area contributed by atoms with Gasteiger partial charge in [-0.1, -0.05) is 33.8 Å². The van der Waals surface area contributed by atoms with E-state index in [4.69, 9.17) is 19.9 Å². The number of ether oxygens (including phenoxy) is 3. The summed E-state index contributed by atoms with van der Waals surface area (Å²) in [7, 11) is 1.65. The molecule has 2 rings (SSSR count). The highest BCUT2D eigenvalue weighted by Gasteiger charge is 2.30. The molecule has 0 saturated carbocycles. The van der Waals surface area contributed by atoms with Crippen LogP contribution in [0.5, 0.6) is 5.75 Å². The molecule has 0 bridgehead atoms. The molecule has 5 atom stereocenters. The van der Waals surface area contributed by atoms with E-state index in [1.807, 2.05) is 32.0 Å². The molecule has 0 aliphatic carbocycles. The van der Waals surface area contributed by atoms with Gasteiger partial charge in [0.25, 0.3) is 0 Å². The number of ketones is 1. The quantitative estimate of drug-likeness (QED) is 0.186. The van der Waals surface area contributed by atoms with Crippen molar-refractivity contribution in [1.29, 1.82) is 0 Å². The van der Waals surface area contributed by atoms with E-state index < -0.39 is 12.1 Å². The number of carbonyl (C=O) groups excluding carboxylic acids is 2. The molecular formula is C31H52N2O6. The average Bonchev–Trinajstić information content (AvgIpc) is 3.41. The van der Waals surface area contributed by atoms with Gasteiger partial charge in [-0.3, -0.25) is 9.59 Å². The molecule has 1 aliphatic heterocycles. The molecule has 1 saturated heterocycles. The zero-order chi connectivity index (χ0) is 28.9. The van der Waals surface area contributed by atoms with Gasteiger partial charge in [0, 0.05) is 45.2 Å². The molecule has 3 unspecified atom stereocenters. The molecule has 1 fully saturated rings. The second-order valence-electron chi connectivity index (χ2n) is 11.7. The van der Waals surface area contributed by atoms with Crippen molar-refractivity contribution in [2.75, 3.05) is 33.5 Å². The summed E-state index contributed by atoms with van der Waals surface area (Å²) in [6.45, 7) is 12.2. The number of benzene rings is 1. The normalized spacial score (nSPS) is 18.7. The monoisotopic (exact) mass is 548 g/mol. The molecule has 8 nitrogen and oxygen atoms in total. The Balaban J connectivity index is 2.01. The van der Waals surface area contributed by atoms with Gasteiger partial charge in [-0.15, -0.1) is 0 Å². The van der Waals surface area contributed by atoms with Gasteiger partial charge in [-0.05, 0) is 74.5 Å². The molecular weight excluding hydrogens is 496 g/mol. The van der Waals surface area contributed by atoms with Gasteiger partial charge in [0.05, 0.1) is 24.4 Å². The van der Waals surface area contributed by atoms with Crippen molar-refractivity contribution in [2.45, 2.75) is 91.4 Å². The number of rotatable bonds is 18. The zero-order valence-corrected chi connectivity index (χ0v) is 24.9. The van der Waals surface area contributed by atoms with Gasteiger partial charge < -0.3 is 30.4 Å². The summed E-state index contributed by atoms with van der Waals surface area (Å²) in [5.74, 6) is 0.824. The lowest BCUT2D eigenvalue weighted by Gasteiger charge is -2.30. The average molecular weight is 549 g/mol. The number of aliphatic hydroxyl groups excluding tert-OH is 1. The van der Waals surface area contributed by atoms with Crippen LogP contribution in [0.3, 0.4) is 0 Å². The lowest BCUT2D eigenvalue weighted by molar-refractivity contribution is -0.128. The molecule has 1 aromatic rings. The van der Waals surface area contributed by atoms with Crippen LogP contribution in [-0.4, -0.2) is 68.5 Å². The topological polar surface area (TPSA) is 120 Å². The minimum Gasteiger partial charge on any atom is -0.493 e. The Hall–Kier alpha value is -2.00. The van der Waals surface area contributed by atoms with E-state index in [2.05, 4.69) is 19.2 Å². The summed E-state index contributed by atoms with van der Waals surface area (Å²) in [6, 6.07) is 5.31. The molecule has 1 aliphatic rings. The largest absolute Gasteiger partial charge is 0.493 e. The van der Waals surface area contributed by atoms with Gasteiger partial charge in [-0.25, -0.2) is 0 Å². The Morgan fingerprint density at radius 3 is 2.49 bits per heavy atom. The van der Waals surface area contributed by atoms with Crippen LogP contribution in [0, 0.1) is 23.7 Å². The summed E-state index contributed by atoms with van der Waals surface area (Å²) in [6.07, 6.45) is 3.74. The maximum atomic E-state index is 12.9. The van der Waals surface area contributed by atoms with Crippen molar-refractivity contribution in [3.05, 3.63) is 29.3 Å². The van der Waals surface area contributed by atoms with Crippen molar-refractivity contribution < 1.29 is 28.9 Å². The van der Waals surface area contributed by atoms with E-state index in [0.29, 0.717) is 49.8 Å². The number of hydrogen-bond donors (Lipinski definition) is 3. The smallest absolute Gasteiger partial charge is 0.223 e. The number of amides is 1. The standard InChI is InChI=1S/C31H52N2O6/c1-20(2)24(15-23-10-11-26(22(5)34)30(16-23)39-14-8-12-37-6)17-28(32)29(35)18-27(21(3)4)31(36)33-19-25-9-7-13-38-25/h10-11,16,20-21,24-25,27-29,35H,7-9,12-15,17-19,32H2,1-6H3,(H,33,36)/t24?,25?,27?,28-,29-/m0/s1. The van der Waals surface area contributed by atoms with Gasteiger partial charge in [-0.2, -0.15) is 0 Å². The number of Topliss-reactive ketones (excluding diaryl/α,β-unsaturated/α-hetero) is 1. The first-order valence-corrected chi connectivity index (χ1v) is 14.6. The predicted octanol–water partition coefficient (Wildman–Crippen LogP) is 4.16. The predicted molar refractivity (Wildman–Crippen MR) is 154 cm³/mol. The lowest BCUT2D eigenvalue weighted by atomic mass is 9.80. The number of nitrogens with two attached hydrogens (primary N) is 1. The molecule has 222 valence electrons. The molecule has 1 amide bonds. The summed E-state index contributed by atoms with van der Waals surface area (Å²) in [5, 5.41) is 14.1. The van der Waals surface area contributed by atoms with E-state index in [0.717, 1.165) is 37.9 Å². The van der Waals surface area contributed by atoms with E-state index in [1.165, 1.54) is 0 Å². The zero-order valence-electron chi connectivity index (χ0n) is 24.9. The number of carbonyl (C=O) groups is 2. The minimum absolute atomic E-state index is 0.0339. The fourth-order valence-electron chi connectivity index (χ4n) is 5.16. The van der Waals surface area contributed by atoms with Crippen LogP contribution in [-0.2, 0) is 20.7 Å². The molecule has 0 aromatic heterocycles. The Morgan fingerprint density at radius 2 is 1.90 bits per heavy atom. The van der Waals surface area contributed by atoms with Gasteiger partial charge in [0.15, 0.2) is 5.78 Å². The van der Waals surface area contributed by atoms with Crippen LogP contribution < -0.4 is 15.8 Å². The maximum Gasteiger partial charge on any atom is 0.223 e. The van der Waals surface area contributed by atoms with E-state index >= 15 is 0 Å². The molecule has 0 radical (unpaired) electrons. The second kappa shape index (κ2) is 17.0. The molecule has 0 spiro atoms. The fraction of sp³-hybridized carbons (Fsp3) is 0.742. The number of hydrogen-bond acceptors (Lipinski definition) is 7. The van der Waals surface area contributed by atoms with Gasteiger partial charge in [0.2, 0.25) is 5.91 Å². The lowest BCUT2D eigenvalue weighted by Crippen LogP contribution is -2.43. The SMILES string of the molecule is COCCCOc1cc(CC(C[C@H](N)[C@@H](O)CC(C(=O)NCC2CCCO2)C(C)C)C(C)C)ccc1C(C)=O. The molecule has 1 heterocycles. The first-order chi connectivity index (χ1) is 18.5. The first-order valence-electron chi connectivity index (χ1n) is 14.6. The van der Waals surface area contributed by atoms with Crippen LogP contribution in [0.15, 0.2) is 18.2 Å². The Labute approximate surface area is 235 Å². The third-order valence-electron chi connectivity index (χ3n) is 7.85. The molecule has 4 N–H and O–H groups in total. The maximum absolute atomic E-state index is 12.9. The Bertz CT molecular complexity index is 884. The minimum atomic E-state index is -0.785. The van der Waals surface area contributed by atoms with Crippen LogP contribution >= 0.6 is 0 Å². The van der Waals surface area contributed by atoms with Crippen molar-refractivity contribution in [2.24, 2.45) is 29.4 Å². The van der Waals surface area contributed by atoms with Gasteiger partial charge in [0.1, 0.15) is 5.75 Å². The van der Waals surface area contributed by atoms with E-state index in [-0.39, 0.29) is 35.5 Å². The third-order valence-corrected chi connectivity index (χ3v) is 7.85. The Morgan fingerprint density at radius 1 is 1.15 bits per heavy atom. The van der Waals surface area contributed by atoms with Gasteiger partial charge >= 0.3 is 0 Å². The van der Waals surface area contributed by atoms with Crippen LogP contribution in [0.2, 0.25) is 0 Å². The third kappa shape index (κ3) is 11.2. The number of methoxy groups -OCH3 is 1. The summed E-state index contributed by atoms with van der Waals surface area (Å²) >= 11 is 0. The number of aliphatic hydroxyl groups is 1. The second-order valence-corrected chi connectivity index (χ2v) is 11.7. The highest BCUT2D eigenvalue weighted by molar-refractivity contribution is 5.96. The fourth-order valence-corrected chi connectivity index (χ4v) is 5.16. The van der Waals surface area contributed by atoms with Crippen molar-refractivity contribution in [3.63, 3.8) is 0 Å². The highest BCUT2D eigenvalue weighted by Crippen LogP contribution is 2.29. The first kappa shape index (κ1) is 33.2. The van der Waals surface area contributed by atoms with E-state index in [1.54, 1.807) is 14.0 Å². The van der Waals surface area contributed by atoms with Crippen LogP contribution in [0.25, 0.3) is 0 Å². The van der Waals surface area contributed by atoms with Crippen molar-refractivity contribution >= 4 is 11.7 Å². The Kier molecular flexibility index (Phi) is 14.4. The van der Waals surface area contributed by atoms with Crippen molar-refractivity contribution in [3.8, 4) is 5.75 Å². The van der Waals surface area contributed by atoms with Crippen LogP contribution in [0.4, 0.5) is 0 Å². The summed E-state index contributed by atoms with van der Waals surface area (Å²) < 4.78 is 16.6. The molecule has 8 heteroatoms. The summed E-state index contributed by atoms with van der Waals surface area (Å²) in [4.78, 5) is 25.1. The summed E-state index contributed by atoms with van der Waals surface area (Å²) in [5.41, 5.74) is 8.17. The molecule has 39 heavy (non-hydrogen) atoms. The number of nitrogens with one attached hydrogen (secondary N) is 1. The highest BCUT2D eigenvalue weighted by atomic mass is 16.5.